The second-order valence-electron chi connectivity index (χ2n) is 1.53. The van der Waals surface area contributed by atoms with Gasteiger partial charge in [-0.25, -0.2) is 0 Å². The van der Waals surface area contributed by atoms with Gasteiger partial charge in [0.2, 0.25) is 0 Å². The third kappa shape index (κ3) is 21.7. The first kappa shape index (κ1) is 43.6. The second-order valence-corrected chi connectivity index (χ2v) is 1.53. The SMILES string of the molecule is Br.Br.Br.Br.Br.Br.NCc1ccccn1.O. The molecule has 1 heterocycles. The van der Waals surface area contributed by atoms with Crippen molar-refractivity contribution in [3.63, 3.8) is 0 Å². The number of aromatic nitrogens is 1. The summed E-state index contributed by atoms with van der Waals surface area (Å²) in [5.74, 6) is 0. The zero-order valence-electron chi connectivity index (χ0n) is 7.49. The maximum absolute atomic E-state index is 5.29. The first-order chi connectivity index (χ1) is 3.93. The van der Waals surface area contributed by atoms with E-state index in [1.807, 2.05) is 18.2 Å². The quantitative estimate of drug-likeness (QED) is 0.531. The molecule has 1 aromatic heterocycles. The lowest BCUT2D eigenvalue weighted by molar-refractivity contribution is 0.824. The third-order valence-corrected chi connectivity index (χ3v) is 0.935. The molecule has 1 rings (SSSR count). The van der Waals surface area contributed by atoms with Crippen molar-refractivity contribution in [2.75, 3.05) is 0 Å². The van der Waals surface area contributed by atoms with Crippen molar-refractivity contribution < 1.29 is 5.48 Å². The van der Waals surface area contributed by atoms with Gasteiger partial charge in [-0.15, -0.1) is 102 Å². The van der Waals surface area contributed by atoms with E-state index in [1.165, 1.54) is 0 Å². The first-order valence-corrected chi connectivity index (χ1v) is 2.53. The van der Waals surface area contributed by atoms with Crippen LogP contribution >= 0.6 is 102 Å². The Morgan fingerprint density at radius 1 is 0.933 bits per heavy atom. The maximum atomic E-state index is 5.29. The number of hydrogen-bond donors (Lipinski definition) is 1. The van der Waals surface area contributed by atoms with E-state index in [2.05, 4.69) is 4.98 Å². The Morgan fingerprint density at radius 3 is 1.60 bits per heavy atom. The summed E-state index contributed by atoms with van der Waals surface area (Å²) in [4.78, 5) is 3.97. The van der Waals surface area contributed by atoms with Crippen LogP contribution in [-0.4, -0.2) is 10.5 Å². The highest BCUT2D eigenvalue weighted by Gasteiger charge is 1.81. The maximum Gasteiger partial charge on any atom is 0.0539 e. The fraction of sp³-hybridized carbons (Fsp3) is 0.167. The largest absolute Gasteiger partial charge is 0.412 e. The lowest BCUT2D eigenvalue weighted by Crippen LogP contribution is -1.97. The minimum atomic E-state index is 0. The molecule has 4 N–H and O–H groups in total. The molecule has 0 aliphatic rings. The van der Waals surface area contributed by atoms with Crippen LogP contribution in [0.1, 0.15) is 5.69 Å². The smallest absolute Gasteiger partial charge is 0.0539 e. The summed E-state index contributed by atoms with van der Waals surface area (Å²) < 4.78 is 0. The summed E-state index contributed by atoms with van der Waals surface area (Å²) in [5, 5.41) is 0. The molecule has 0 amide bonds. The molecule has 98 valence electrons. The molecule has 0 aromatic carbocycles. The van der Waals surface area contributed by atoms with Gasteiger partial charge < -0.3 is 11.2 Å². The molecule has 15 heavy (non-hydrogen) atoms. The monoisotopic (exact) mass is 606 g/mol. The fourth-order valence-electron chi connectivity index (χ4n) is 0.519. The van der Waals surface area contributed by atoms with Crippen molar-refractivity contribution >= 4 is 102 Å². The lowest BCUT2D eigenvalue weighted by atomic mass is 10.4. The van der Waals surface area contributed by atoms with Gasteiger partial charge in [-0.2, -0.15) is 0 Å². The van der Waals surface area contributed by atoms with Crippen LogP contribution in [0, 0.1) is 0 Å². The highest BCUT2D eigenvalue weighted by Crippen LogP contribution is 1.88. The number of halogens is 6. The molecule has 0 unspecified atom stereocenters. The van der Waals surface area contributed by atoms with Crippen LogP contribution in [0.15, 0.2) is 24.4 Å². The van der Waals surface area contributed by atoms with Crippen LogP contribution in [0.25, 0.3) is 0 Å². The van der Waals surface area contributed by atoms with Gasteiger partial charge in [-0.05, 0) is 12.1 Å². The van der Waals surface area contributed by atoms with Crippen molar-refractivity contribution in [1.29, 1.82) is 0 Å². The molecule has 0 bridgehead atoms. The summed E-state index contributed by atoms with van der Waals surface area (Å²) in [6, 6.07) is 5.70. The molecule has 0 saturated carbocycles. The van der Waals surface area contributed by atoms with Crippen LogP contribution in [0.4, 0.5) is 0 Å². The van der Waals surface area contributed by atoms with E-state index in [9.17, 15) is 0 Å². The molecule has 0 radical (unpaired) electrons. The molecule has 0 aliphatic heterocycles. The number of nitrogens with zero attached hydrogens (tertiary/aromatic N) is 1. The van der Waals surface area contributed by atoms with Gasteiger partial charge in [0.05, 0.1) is 5.69 Å². The van der Waals surface area contributed by atoms with Crippen LogP contribution in [0.2, 0.25) is 0 Å². The van der Waals surface area contributed by atoms with Crippen molar-refractivity contribution in [3.05, 3.63) is 30.1 Å². The molecule has 0 spiro atoms. The molecule has 0 atom stereocenters. The van der Waals surface area contributed by atoms with E-state index in [4.69, 9.17) is 5.73 Å². The van der Waals surface area contributed by atoms with Gasteiger partial charge in [0.1, 0.15) is 0 Å². The van der Waals surface area contributed by atoms with Gasteiger partial charge in [-0.1, -0.05) is 6.07 Å². The average Bonchev–Trinajstić information content (AvgIpc) is 1.90. The van der Waals surface area contributed by atoms with Crippen LogP contribution in [0.5, 0.6) is 0 Å². The Bertz CT molecular complexity index is 167. The fourth-order valence-corrected chi connectivity index (χ4v) is 0.519. The molecule has 0 aliphatic carbocycles. The minimum absolute atomic E-state index is 0. The van der Waals surface area contributed by atoms with Crippen LogP contribution in [-0.2, 0) is 6.54 Å². The Hall–Kier alpha value is 1.95. The Kier molecular flexibility index (Phi) is 86.3. The van der Waals surface area contributed by atoms with Crippen molar-refractivity contribution in [2.45, 2.75) is 6.54 Å². The molecule has 3 nitrogen and oxygen atoms in total. The minimum Gasteiger partial charge on any atom is -0.412 e. The third-order valence-electron chi connectivity index (χ3n) is 0.935. The Balaban J connectivity index is -0.0000000183. The van der Waals surface area contributed by atoms with Crippen LogP contribution in [0.3, 0.4) is 0 Å². The second kappa shape index (κ2) is 29.7. The highest BCUT2D eigenvalue weighted by atomic mass is 79.9. The number of rotatable bonds is 1. The van der Waals surface area contributed by atoms with Crippen LogP contribution < -0.4 is 5.73 Å². The van der Waals surface area contributed by atoms with Gasteiger partial charge in [0, 0.05) is 12.7 Å². The zero-order valence-corrected chi connectivity index (χ0v) is 17.8. The summed E-state index contributed by atoms with van der Waals surface area (Å²) in [7, 11) is 0. The number of hydrogen-bond acceptors (Lipinski definition) is 2. The molecule has 0 saturated heterocycles. The zero-order chi connectivity index (χ0) is 5.82. The van der Waals surface area contributed by atoms with Gasteiger partial charge in [0.25, 0.3) is 0 Å². The Morgan fingerprint density at radius 2 is 1.40 bits per heavy atom. The van der Waals surface area contributed by atoms with E-state index in [0.29, 0.717) is 6.54 Å². The molecular weight excluding hydrogens is 596 g/mol. The molecule has 1 aromatic rings. The lowest BCUT2D eigenvalue weighted by Gasteiger charge is -1.89. The van der Waals surface area contributed by atoms with Crippen molar-refractivity contribution in [1.82, 2.24) is 4.98 Å². The van der Waals surface area contributed by atoms with Crippen molar-refractivity contribution in [2.24, 2.45) is 5.73 Å². The van der Waals surface area contributed by atoms with Gasteiger partial charge >= 0.3 is 0 Å². The van der Waals surface area contributed by atoms with E-state index < -0.39 is 0 Å². The van der Waals surface area contributed by atoms with Crippen molar-refractivity contribution in [3.8, 4) is 0 Å². The molecule has 9 heteroatoms. The predicted molar refractivity (Wildman–Crippen MR) is 97.7 cm³/mol. The van der Waals surface area contributed by atoms with Gasteiger partial charge in [0.15, 0.2) is 0 Å². The summed E-state index contributed by atoms with van der Waals surface area (Å²) in [5.41, 5.74) is 6.22. The summed E-state index contributed by atoms with van der Waals surface area (Å²) >= 11 is 0. The highest BCUT2D eigenvalue weighted by molar-refractivity contribution is 8.93. The first-order valence-electron chi connectivity index (χ1n) is 2.53. The number of pyridine rings is 1. The summed E-state index contributed by atoms with van der Waals surface area (Å²) in [6.45, 7) is 0.529. The molecule has 0 fully saturated rings. The summed E-state index contributed by atoms with van der Waals surface area (Å²) in [6.07, 6.45) is 1.74. The normalized spacial score (nSPS) is 4.87. The Labute approximate surface area is 153 Å². The van der Waals surface area contributed by atoms with E-state index in [-0.39, 0.29) is 107 Å². The predicted octanol–water partition coefficient (Wildman–Crippen LogP) is 3.18. The van der Waals surface area contributed by atoms with E-state index in [0.717, 1.165) is 5.69 Å². The standard InChI is InChI=1S/C6H8N2.6BrH.H2O/c7-5-6-3-1-2-4-8-6;;;;;;;/h1-4H,5,7H2;6*1H;1H2. The van der Waals surface area contributed by atoms with E-state index >= 15 is 0 Å². The molecular formula is C6H16Br6N2O. The average molecular weight is 612 g/mol. The number of nitrogens with two attached hydrogens (primary N) is 1. The van der Waals surface area contributed by atoms with Gasteiger partial charge in [-0.3, -0.25) is 4.98 Å². The van der Waals surface area contributed by atoms with E-state index in [1.54, 1.807) is 6.20 Å². The topological polar surface area (TPSA) is 70.4 Å².